The number of hydrogen-bond donors (Lipinski definition) is 2. The molecule has 0 aliphatic rings. The van der Waals surface area contributed by atoms with Crippen LogP contribution in [-0.4, -0.2) is 44.4 Å². The number of halogens is 1. The molecule has 0 aliphatic carbocycles. The molecule has 2 N–H and O–H groups in total. The van der Waals surface area contributed by atoms with Gasteiger partial charge in [-0.25, -0.2) is 9.37 Å². The quantitative estimate of drug-likeness (QED) is 0.321. The van der Waals surface area contributed by atoms with Crippen LogP contribution in [0.3, 0.4) is 0 Å². The fraction of sp³-hybridized carbons (Fsp3) is 0.368. The highest BCUT2D eigenvalue weighted by atomic mass is 32.2. The molecule has 2 rings (SSSR count). The Morgan fingerprint density at radius 2 is 1.96 bits per heavy atom. The van der Waals surface area contributed by atoms with Crippen molar-refractivity contribution in [3.63, 3.8) is 0 Å². The van der Waals surface area contributed by atoms with Crippen molar-refractivity contribution in [1.29, 1.82) is 0 Å². The van der Waals surface area contributed by atoms with Crippen molar-refractivity contribution >= 4 is 23.5 Å². The molecule has 1 heterocycles. The molecule has 0 bridgehead atoms. The van der Waals surface area contributed by atoms with Crippen LogP contribution in [0.4, 0.5) is 10.2 Å². The highest BCUT2D eigenvalue weighted by molar-refractivity contribution is 7.99. The van der Waals surface area contributed by atoms with E-state index in [1.165, 1.54) is 12.1 Å². The average molecular weight is 376 g/mol. The molecule has 0 aliphatic heterocycles. The summed E-state index contributed by atoms with van der Waals surface area (Å²) >= 11 is 1.72. The summed E-state index contributed by atoms with van der Waals surface area (Å²) in [7, 11) is 5.72. The van der Waals surface area contributed by atoms with E-state index in [-0.39, 0.29) is 5.82 Å². The molecule has 0 saturated heterocycles. The number of benzene rings is 1. The molecule has 1 aromatic heterocycles. The maximum Gasteiger partial charge on any atom is 0.191 e. The van der Waals surface area contributed by atoms with Crippen LogP contribution in [0.2, 0.25) is 0 Å². The van der Waals surface area contributed by atoms with Gasteiger partial charge in [-0.15, -0.1) is 11.8 Å². The molecule has 0 fully saturated rings. The Kier molecular flexibility index (Phi) is 8.21. The first-order valence-electron chi connectivity index (χ1n) is 8.53. The molecule has 26 heavy (non-hydrogen) atoms. The van der Waals surface area contributed by atoms with Crippen LogP contribution in [0.25, 0.3) is 0 Å². The Morgan fingerprint density at radius 3 is 2.65 bits per heavy atom. The van der Waals surface area contributed by atoms with Crippen molar-refractivity contribution in [3.05, 3.63) is 54.0 Å². The second-order valence-electron chi connectivity index (χ2n) is 5.93. The van der Waals surface area contributed by atoms with E-state index in [1.807, 2.05) is 43.4 Å². The van der Waals surface area contributed by atoms with Crippen molar-refractivity contribution in [3.8, 4) is 0 Å². The third-order valence-corrected chi connectivity index (χ3v) is 4.75. The minimum atomic E-state index is -0.196. The van der Waals surface area contributed by atoms with E-state index < -0.39 is 0 Å². The largest absolute Gasteiger partial charge is 0.363 e. The maximum atomic E-state index is 12.9. The topological polar surface area (TPSA) is 52.6 Å². The number of nitrogens with one attached hydrogen (secondary N) is 2. The first-order chi connectivity index (χ1) is 12.6. The zero-order valence-corrected chi connectivity index (χ0v) is 16.3. The summed E-state index contributed by atoms with van der Waals surface area (Å²) in [6, 6.07) is 10.7. The third kappa shape index (κ3) is 6.92. The van der Waals surface area contributed by atoms with E-state index >= 15 is 0 Å². The molecule has 5 nitrogen and oxygen atoms in total. The number of pyridine rings is 1. The number of rotatable bonds is 8. The van der Waals surface area contributed by atoms with Gasteiger partial charge in [0.2, 0.25) is 0 Å². The lowest BCUT2D eigenvalue weighted by Crippen LogP contribution is -2.37. The van der Waals surface area contributed by atoms with Gasteiger partial charge >= 0.3 is 0 Å². The Morgan fingerprint density at radius 1 is 1.19 bits per heavy atom. The van der Waals surface area contributed by atoms with E-state index in [0.717, 1.165) is 41.0 Å². The fourth-order valence-electron chi connectivity index (χ4n) is 2.22. The summed E-state index contributed by atoms with van der Waals surface area (Å²) in [5, 5.41) is 6.62. The Hall–Kier alpha value is -2.28. The van der Waals surface area contributed by atoms with Gasteiger partial charge in [0.25, 0.3) is 0 Å². The minimum Gasteiger partial charge on any atom is -0.363 e. The molecule has 0 spiro atoms. The van der Waals surface area contributed by atoms with Gasteiger partial charge < -0.3 is 15.5 Å². The molecule has 0 unspecified atom stereocenters. The molecule has 0 atom stereocenters. The summed E-state index contributed by atoms with van der Waals surface area (Å²) < 4.78 is 12.9. The second-order valence-corrected chi connectivity index (χ2v) is 7.09. The predicted molar refractivity (Wildman–Crippen MR) is 109 cm³/mol. The summed E-state index contributed by atoms with van der Waals surface area (Å²) in [5.74, 6) is 2.48. The number of hydrogen-bond acceptors (Lipinski definition) is 4. The zero-order chi connectivity index (χ0) is 18.8. The van der Waals surface area contributed by atoms with E-state index in [4.69, 9.17) is 0 Å². The smallest absolute Gasteiger partial charge is 0.191 e. The van der Waals surface area contributed by atoms with E-state index in [1.54, 1.807) is 18.8 Å². The van der Waals surface area contributed by atoms with Gasteiger partial charge in [0, 0.05) is 45.3 Å². The van der Waals surface area contributed by atoms with Crippen LogP contribution < -0.4 is 15.5 Å². The number of guanidine groups is 1. The number of thioether (sulfide) groups is 1. The Balaban J connectivity index is 1.67. The highest BCUT2D eigenvalue weighted by Gasteiger charge is 2.02. The number of nitrogens with zero attached hydrogens (tertiary/aromatic N) is 3. The van der Waals surface area contributed by atoms with Gasteiger partial charge in [0.05, 0.1) is 0 Å². The van der Waals surface area contributed by atoms with E-state index in [0.29, 0.717) is 6.54 Å². The molecular formula is C19H26FN5S. The van der Waals surface area contributed by atoms with Gasteiger partial charge in [-0.05, 0) is 54.1 Å². The van der Waals surface area contributed by atoms with Crippen LogP contribution in [0, 0.1) is 5.82 Å². The molecule has 0 amide bonds. The average Bonchev–Trinajstić information content (AvgIpc) is 2.65. The van der Waals surface area contributed by atoms with E-state index in [9.17, 15) is 4.39 Å². The monoisotopic (exact) mass is 375 g/mol. The van der Waals surface area contributed by atoms with Gasteiger partial charge in [0.1, 0.15) is 11.6 Å². The molecule has 7 heteroatoms. The van der Waals surface area contributed by atoms with Crippen LogP contribution in [0.5, 0.6) is 0 Å². The van der Waals surface area contributed by atoms with Crippen LogP contribution in [0.15, 0.2) is 52.5 Å². The van der Waals surface area contributed by atoms with Crippen LogP contribution in [-0.2, 0) is 6.54 Å². The van der Waals surface area contributed by atoms with Crippen molar-refractivity contribution in [2.45, 2.75) is 17.9 Å². The number of aromatic nitrogens is 1. The number of aliphatic imine (C=N–C) groups is 1. The summed E-state index contributed by atoms with van der Waals surface area (Å²) in [5.41, 5.74) is 1.15. The van der Waals surface area contributed by atoms with Crippen molar-refractivity contribution in [2.24, 2.45) is 4.99 Å². The lowest BCUT2D eigenvalue weighted by Gasteiger charge is -2.14. The minimum absolute atomic E-state index is 0.196. The maximum absolute atomic E-state index is 12.9. The lowest BCUT2D eigenvalue weighted by atomic mass is 10.2. The van der Waals surface area contributed by atoms with Crippen LogP contribution in [0.1, 0.15) is 12.0 Å². The summed E-state index contributed by atoms with van der Waals surface area (Å²) in [6.07, 6.45) is 2.80. The predicted octanol–water partition coefficient (Wildman–Crippen LogP) is 3.13. The molecule has 0 saturated carbocycles. The molecule has 0 radical (unpaired) electrons. The van der Waals surface area contributed by atoms with E-state index in [2.05, 4.69) is 26.7 Å². The lowest BCUT2D eigenvalue weighted by molar-refractivity contribution is 0.626. The highest BCUT2D eigenvalue weighted by Crippen LogP contribution is 2.18. The van der Waals surface area contributed by atoms with Crippen molar-refractivity contribution < 1.29 is 4.39 Å². The first kappa shape index (κ1) is 20.0. The zero-order valence-electron chi connectivity index (χ0n) is 15.5. The normalized spacial score (nSPS) is 11.3. The van der Waals surface area contributed by atoms with Gasteiger partial charge in [-0.3, -0.25) is 4.99 Å². The number of anilines is 1. The van der Waals surface area contributed by atoms with Gasteiger partial charge in [0.15, 0.2) is 5.96 Å². The summed E-state index contributed by atoms with van der Waals surface area (Å²) in [4.78, 5) is 11.6. The SMILES string of the molecule is CN=C(NCCCSc1ccc(F)cc1)NCc1ccnc(N(C)C)c1. The fourth-order valence-corrected chi connectivity index (χ4v) is 3.07. The molecular weight excluding hydrogens is 349 g/mol. The first-order valence-corrected chi connectivity index (χ1v) is 9.52. The van der Waals surface area contributed by atoms with Crippen LogP contribution >= 0.6 is 11.8 Å². The molecule has 2 aromatic rings. The summed E-state index contributed by atoms with van der Waals surface area (Å²) in [6.45, 7) is 1.51. The second kappa shape index (κ2) is 10.7. The Bertz CT molecular complexity index is 703. The Labute approximate surface area is 159 Å². The van der Waals surface area contributed by atoms with Gasteiger partial charge in [-0.1, -0.05) is 0 Å². The van der Waals surface area contributed by atoms with Crippen molar-refractivity contribution in [1.82, 2.24) is 15.6 Å². The molecule has 140 valence electrons. The standard InChI is InChI=1S/C19H26FN5S/c1-21-19(24-14-15-9-11-22-18(13-15)25(2)3)23-10-4-12-26-17-7-5-16(20)6-8-17/h5-9,11,13H,4,10,12,14H2,1-3H3,(H2,21,23,24). The molecule has 1 aromatic carbocycles. The third-order valence-electron chi connectivity index (χ3n) is 3.65. The van der Waals surface area contributed by atoms with Crippen molar-refractivity contribution in [2.75, 3.05) is 38.3 Å². The van der Waals surface area contributed by atoms with Gasteiger partial charge in [-0.2, -0.15) is 0 Å².